The van der Waals surface area contributed by atoms with Gasteiger partial charge >= 0.3 is 0 Å². The normalized spacial score (nSPS) is 24.4. The molecule has 1 aromatic carbocycles. The fraction of sp³-hybridized carbons (Fsp3) is 0.625. The van der Waals surface area contributed by atoms with Crippen LogP contribution in [0.5, 0.6) is 0 Å². The van der Waals surface area contributed by atoms with Crippen LogP contribution < -0.4 is 5.46 Å². The Kier molecular flexibility index (Phi) is 2.28. The number of aryl methyl sites for hydroxylation is 2. The first-order chi connectivity index (χ1) is 7.89. The molecule has 0 unspecified atom stereocenters. The average Bonchev–Trinajstić information content (AvgIpc) is 2.38. The molecule has 0 N–H and O–H groups in total. The third-order valence-corrected chi connectivity index (χ3v) is 5.71. The average molecular weight is 226 g/mol. The number of fused-ring (bicyclic) bond motifs is 1. The van der Waals surface area contributed by atoms with Crippen molar-refractivity contribution in [2.24, 2.45) is 10.8 Å². The molecule has 0 aromatic heterocycles. The number of benzene rings is 1. The maximum atomic E-state index is 2.49. The van der Waals surface area contributed by atoms with Crippen molar-refractivity contribution in [2.45, 2.75) is 53.2 Å². The second-order valence-corrected chi connectivity index (χ2v) is 7.40. The maximum absolute atomic E-state index is 2.49. The van der Waals surface area contributed by atoms with Crippen molar-refractivity contribution in [1.29, 1.82) is 0 Å². The lowest BCUT2D eigenvalue weighted by molar-refractivity contribution is 0.177. The lowest BCUT2D eigenvalue weighted by Gasteiger charge is -2.35. The first kappa shape index (κ1) is 11.4. The summed E-state index contributed by atoms with van der Waals surface area (Å²) >= 11 is 0. The van der Waals surface area contributed by atoms with Gasteiger partial charge in [0.15, 0.2) is 6.71 Å². The van der Waals surface area contributed by atoms with Gasteiger partial charge in [0.1, 0.15) is 0 Å². The smallest absolute Gasteiger partial charge is 0.0797 e. The molecule has 1 heterocycles. The molecular formula is C16H23B. The van der Waals surface area contributed by atoms with E-state index in [4.69, 9.17) is 0 Å². The molecule has 17 heavy (non-hydrogen) atoms. The van der Waals surface area contributed by atoms with E-state index in [-0.39, 0.29) is 0 Å². The molecule has 2 aliphatic rings. The SMILES string of the molecule is CC1(C)CB(c2ccc3c(c2)CC3)CC1(C)C. The van der Waals surface area contributed by atoms with Gasteiger partial charge in [-0.25, -0.2) is 0 Å². The third-order valence-electron chi connectivity index (χ3n) is 5.71. The van der Waals surface area contributed by atoms with E-state index < -0.39 is 0 Å². The maximum Gasteiger partial charge on any atom is 0.176 e. The molecule has 1 saturated heterocycles. The van der Waals surface area contributed by atoms with Gasteiger partial charge in [-0.1, -0.05) is 64.0 Å². The zero-order valence-corrected chi connectivity index (χ0v) is 11.6. The summed E-state index contributed by atoms with van der Waals surface area (Å²) in [5, 5.41) is 0. The number of rotatable bonds is 1. The van der Waals surface area contributed by atoms with E-state index in [0.717, 1.165) is 6.71 Å². The van der Waals surface area contributed by atoms with Crippen molar-refractivity contribution in [1.82, 2.24) is 0 Å². The summed E-state index contributed by atoms with van der Waals surface area (Å²) < 4.78 is 0. The Balaban J connectivity index is 1.89. The molecule has 0 saturated carbocycles. The van der Waals surface area contributed by atoms with Crippen molar-refractivity contribution < 1.29 is 0 Å². The summed E-state index contributed by atoms with van der Waals surface area (Å²) in [6.07, 6.45) is 5.30. The molecule has 0 radical (unpaired) electrons. The molecule has 0 atom stereocenters. The molecular weight excluding hydrogens is 203 g/mol. The predicted molar refractivity (Wildman–Crippen MR) is 76.4 cm³/mol. The van der Waals surface area contributed by atoms with Crippen LogP contribution in [0.4, 0.5) is 0 Å². The Morgan fingerprint density at radius 2 is 1.47 bits per heavy atom. The van der Waals surface area contributed by atoms with Gasteiger partial charge in [0.25, 0.3) is 0 Å². The Labute approximate surface area is 106 Å². The van der Waals surface area contributed by atoms with Crippen LogP contribution in [-0.2, 0) is 12.8 Å². The Hall–Kier alpha value is -0.715. The fourth-order valence-corrected chi connectivity index (χ4v) is 3.56. The van der Waals surface area contributed by atoms with E-state index >= 15 is 0 Å². The molecule has 3 rings (SSSR count). The second-order valence-electron chi connectivity index (χ2n) is 7.40. The van der Waals surface area contributed by atoms with Crippen molar-refractivity contribution >= 4 is 12.2 Å². The minimum atomic E-state index is 0.473. The molecule has 90 valence electrons. The van der Waals surface area contributed by atoms with Crippen LogP contribution in [-0.4, -0.2) is 6.71 Å². The van der Waals surface area contributed by atoms with E-state index in [2.05, 4.69) is 45.9 Å². The quantitative estimate of drug-likeness (QED) is 0.642. The van der Waals surface area contributed by atoms with Gasteiger partial charge in [-0.15, -0.1) is 0 Å². The summed E-state index contributed by atoms with van der Waals surface area (Å²) in [5.41, 5.74) is 5.75. The minimum absolute atomic E-state index is 0.473. The van der Waals surface area contributed by atoms with Crippen LogP contribution in [0, 0.1) is 10.8 Å². The third kappa shape index (κ3) is 1.66. The molecule has 0 nitrogen and oxygen atoms in total. The van der Waals surface area contributed by atoms with Crippen molar-refractivity contribution in [2.75, 3.05) is 0 Å². The van der Waals surface area contributed by atoms with E-state index in [1.165, 1.54) is 25.5 Å². The molecule has 0 spiro atoms. The summed E-state index contributed by atoms with van der Waals surface area (Å²) in [6.45, 7) is 10.5. The van der Waals surface area contributed by atoms with E-state index in [1.807, 2.05) is 0 Å². The summed E-state index contributed by atoms with van der Waals surface area (Å²) in [4.78, 5) is 0. The molecule has 0 bridgehead atoms. The standard InChI is InChI=1S/C16H23B/c1-15(2)10-17(11-16(15,3)4)14-8-7-12-5-6-13(12)9-14/h7-9H,5-6,10-11H2,1-4H3. The van der Waals surface area contributed by atoms with Gasteiger partial charge in [-0.2, -0.15) is 0 Å². The lowest BCUT2D eigenvalue weighted by Crippen LogP contribution is -2.29. The largest absolute Gasteiger partial charge is 0.176 e. The molecule has 1 heteroatoms. The van der Waals surface area contributed by atoms with Crippen molar-refractivity contribution in [3.05, 3.63) is 29.3 Å². The van der Waals surface area contributed by atoms with Gasteiger partial charge in [0.05, 0.1) is 0 Å². The fourth-order valence-electron chi connectivity index (χ4n) is 3.56. The van der Waals surface area contributed by atoms with E-state index in [1.54, 1.807) is 16.6 Å². The van der Waals surface area contributed by atoms with Gasteiger partial charge in [0, 0.05) is 0 Å². The van der Waals surface area contributed by atoms with Crippen molar-refractivity contribution in [3.63, 3.8) is 0 Å². The monoisotopic (exact) mass is 226 g/mol. The lowest BCUT2D eigenvalue weighted by atomic mass is 9.42. The second kappa shape index (κ2) is 3.40. The van der Waals surface area contributed by atoms with E-state index in [9.17, 15) is 0 Å². The van der Waals surface area contributed by atoms with Gasteiger partial charge in [-0.05, 0) is 34.8 Å². The molecule has 0 amide bonds. The number of hydrogen-bond donors (Lipinski definition) is 0. The van der Waals surface area contributed by atoms with E-state index in [0.29, 0.717) is 10.8 Å². The molecule has 1 fully saturated rings. The molecule has 1 aromatic rings. The summed E-state index contributed by atoms with van der Waals surface area (Å²) in [5.74, 6) is 0. The summed E-state index contributed by atoms with van der Waals surface area (Å²) in [6, 6.07) is 7.24. The van der Waals surface area contributed by atoms with Crippen LogP contribution in [0.3, 0.4) is 0 Å². The van der Waals surface area contributed by atoms with Crippen LogP contribution in [0.25, 0.3) is 0 Å². The topological polar surface area (TPSA) is 0 Å². The van der Waals surface area contributed by atoms with Crippen LogP contribution in [0.2, 0.25) is 12.6 Å². The molecule has 1 aliphatic heterocycles. The van der Waals surface area contributed by atoms with Gasteiger partial charge in [0.2, 0.25) is 0 Å². The first-order valence-electron chi connectivity index (χ1n) is 7.01. The first-order valence-corrected chi connectivity index (χ1v) is 7.01. The van der Waals surface area contributed by atoms with Crippen molar-refractivity contribution in [3.8, 4) is 0 Å². The Bertz CT molecular complexity index is 441. The van der Waals surface area contributed by atoms with Crippen LogP contribution in [0.1, 0.15) is 38.8 Å². The Morgan fingerprint density at radius 1 is 0.882 bits per heavy atom. The molecule has 1 aliphatic carbocycles. The van der Waals surface area contributed by atoms with Gasteiger partial charge < -0.3 is 0 Å². The van der Waals surface area contributed by atoms with Crippen LogP contribution in [0.15, 0.2) is 18.2 Å². The Morgan fingerprint density at radius 3 is 1.94 bits per heavy atom. The summed E-state index contributed by atoms with van der Waals surface area (Å²) in [7, 11) is 0. The highest BCUT2D eigenvalue weighted by molar-refractivity contribution is 6.74. The highest BCUT2D eigenvalue weighted by atomic mass is 14.4. The van der Waals surface area contributed by atoms with Gasteiger partial charge in [-0.3, -0.25) is 0 Å². The zero-order valence-electron chi connectivity index (χ0n) is 11.6. The highest BCUT2D eigenvalue weighted by Crippen LogP contribution is 2.52. The zero-order chi connectivity index (χ0) is 12.3. The number of hydrogen-bond acceptors (Lipinski definition) is 0. The van der Waals surface area contributed by atoms with Crippen LogP contribution >= 0.6 is 0 Å². The highest BCUT2D eigenvalue weighted by Gasteiger charge is 2.48. The minimum Gasteiger partial charge on any atom is -0.0797 e. The predicted octanol–water partition coefficient (Wildman–Crippen LogP) is 3.55.